The molecule has 37 heavy (non-hydrogen) atoms. The Kier molecular flexibility index (Phi) is 5.30. The van der Waals surface area contributed by atoms with Crippen molar-refractivity contribution >= 4 is 45.0 Å². The first-order valence-electron chi connectivity index (χ1n) is 11.5. The summed E-state index contributed by atoms with van der Waals surface area (Å²) < 4.78 is 16.0. The predicted octanol–water partition coefficient (Wildman–Crippen LogP) is 5.81. The lowest BCUT2D eigenvalue weighted by Gasteiger charge is -2.17. The topological polar surface area (TPSA) is 125 Å². The third-order valence-electron chi connectivity index (χ3n) is 5.94. The third kappa shape index (κ3) is 4.02. The first-order chi connectivity index (χ1) is 17.8. The van der Waals surface area contributed by atoms with E-state index in [1.54, 1.807) is 23.6 Å². The van der Waals surface area contributed by atoms with Gasteiger partial charge in [-0.2, -0.15) is 16.4 Å². The molecular formula is C26H21FN8OS. The summed E-state index contributed by atoms with van der Waals surface area (Å²) in [4.78, 5) is 33.2. The van der Waals surface area contributed by atoms with Crippen LogP contribution in [0, 0.1) is 11.2 Å². The molecule has 0 aromatic carbocycles. The van der Waals surface area contributed by atoms with Crippen LogP contribution in [0.25, 0.3) is 56.0 Å². The van der Waals surface area contributed by atoms with E-state index in [0.717, 1.165) is 11.1 Å². The van der Waals surface area contributed by atoms with Crippen molar-refractivity contribution in [1.82, 2.24) is 35.1 Å². The van der Waals surface area contributed by atoms with Crippen molar-refractivity contribution in [2.45, 2.75) is 20.8 Å². The summed E-state index contributed by atoms with van der Waals surface area (Å²) in [5, 5.41) is 14.3. The van der Waals surface area contributed by atoms with Crippen molar-refractivity contribution in [3.63, 3.8) is 0 Å². The second-order valence-corrected chi connectivity index (χ2v) is 10.4. The second kappa shape index (κ2) is 8.56. The number of fused-ring (bicyclic) bond motifs is 2. The number of hydrogen-bond donors (Lipinski definition) is 3. The van der Waals surface area contributed by atoms with Crippen LogP contribution in [0.5, 0.6) is 0 Å². The number of anilines is 1. The van der Waals surface area contributed by atoms with E-state index in [1.165, 1.54) is 18.6 Å². The van der Waals surface area contributed by atoms with E-state index in [9.17, 15) is 4.79 Å². The van der Waals surface area contributed by atoms with Gasteiger partial charge in [0.2, 0.25) is 5.91 Å². The van der Waals surface area contributed by atoms with Crippen molar-refractivity contribution in [3.05, 3.63) is 59.6 Å². The zero-order valence-corrected chi connectivity index (χ0v) is 20.9. The maximum atomic E-state index is 16.0. The van der Waals surface area contributed by atoms with Gasteiger partial charge in [0.1, 0.15) is 16.9 Å². The summed E-state index contributed by atoms with van der Waals surface area (Å²) in [6.45, 7) is 5.43. The lowest BCUT2D eigenvalue weighted by atomic mass is 9.95. The molecular weight excluding hydrogens is 491 g/mol. The van der Waals surface area contributed by atoms with Crippen LogP contribution in [-0.4, -0.2) is 41.0 Å². The molecule has 9 nitrogen and oxygen atoms in total. The molecule has 11 heteroatoms. The molecule has 1 amide bonds. The van der Waals surface area contributed by atoms with E-state index in [1.807, 2.05) is 43.7 Å². The monoisotopic (exact) mass is 512 g/mol. The summed E-state index contributed by atoms with van der Waals surface area (Å²) >= 11 is 1.60. The average Bonchev–Trinajstić information content (AvgIpc) is 3.63. The smallest absolute Gasteiger partial charge is 0.229 e. The lowest BCUT2D eigenvalue weighted by molar-refractivity contribution is -0.123. The Bertz CT molecular complexity index is 1780. The van der Waals surface area contributed by atoms with Crippen LogP contribution in [0.3, 0.4) is 0 Å². The van der Waals surface area contributed by atoms with Gasteiger partial charge in [-0.05, 0) is 34.5 Å². The molecule has 6 heterocycles. The van der Waals surface area contributed by atoms with Gasteiger partial charge in [-0.3, -0.25) is 19.9 Å². The van der Waals surface area contributed by atoms with Gasteiger partial charge in [-0.1, -0.05) is 20.8 Å². The van der Waals surface area contributed by atoms with Crippen molar-refractivity contribution in [3.8, 4) is 33.9 Å². The van der Waals surface area contributed by atoms with E-state index in [0.29, 0.717) is 39.4 Å². The number of rotatable bonds is 4. The van der Waals surface area contributed by atoms with Crippen molar-refractivity contribution < 1.29 is 9.18 Å². The van der Waals surface area contributed by atoms with E-state index in [2.05, 4.69) is 35.5 Å². The maximum Gasteiger partial charge on any atom is 0.229 e. The highest BCUT2D eigenvalue weighted by atomic mass is 32.1. The van der Waals surface area contributed by atoms with E-state index < -0.39 is 11.2 Å². The molecule has 0 fully saturated rings. The number of nitrogens with zero attached hydrogens (tertiary/aromatic N) is 5. The number of hydrogen-bond acceptors (Lipinski definition) is 7. The van der Waals surface area contributed by atoms with Crippen molar-refractivity contribution in [2.75, 3.05) is 5.32 Å². The van der Waals surface area contributed by atoms with Crippen LogP contribution in [0.2, 0.25) is 0 Å². The second-order valence-electron chi connectivity index (χ2n) is 9.60. The molecule has 0 saturated carbocycles. The van der Waals surface area contributed by atoms with Crippen molar-refractivity contribution in [2.24, 2.45) is 5.41 Å². The molecule has 6 rings (SSSR count). The molecule has 0 aliphatic carbocycles. The number of aromatic nitrogens is 7. The van der Waals surface area contributed by atoms with Crippen molar-refractivity contribution in [1.29, 1.82) is 0 Å². The van der Waals surface area contributed by atoms with E-state index in [4.69, 9.17) is 4.98 Å². The van der Waals surface area contributed by atoms with Gasteiger partial charge in [0, 0.05) is 28.9 Å². The molecule has 0 aliphatic rings. The van der Waals surface area contributed by atoms with Gasteiger partial charge in [0.05, 0.1) is 29.0 Å². The van der Waals surface area contributed by atoms with Crippen LogP contribution in [0.1, 0.15) is 20.8 Å². The summed E-state index contributed by atoms with van der Waals surface area (Å²) in [7, 11) is 0. The summed E-state index contributed by atoms with van der Waals surface area (Å²) in [5.41, 5.74) is 4.33. The average molecular weight is 513 g/mol. The molecule has 0 spiro atoms. The molecule has 0 saturated heterocycles. The molecule has 184 valence electrons. The van der Waals surface area contributed by atoms with Crippen LogP contribution in [0.15, 0.2) is 53.7 Å². The largest absolute Gasteiger partial charge is 0.324 e. The maximum absolute atomic E-state index is 16.0. The van der Waals surface area contributed by atoms with Gasteiger partial charge in [-0.25, -0.2) is 14.4 Å². The van der Waals surface area contributed by atoms with Gasteiger partial charge >= 0.3 is 0 Å². The Hall–Kier alpha value is -4.51. The lowest BCUT2D eigenvalue weighted by Crippen LogP contribution is -2.27. The zero-order valence-electron chi connectivity index (χ0n) is 20.1. The van der Waals surface area contributed by atoms with Crippen LogP contribution in [-0.2, 0) is 4.79 Å². The number of H-pyrrole nitrogens is 2. The normalized spacial score (nSPS) is 11.9. The van der Waals surface area contributed by atoms with E-state index in [-0.39, 0.29) is 17.0 Å². The molecule has 0 atom stereocenters. The number of halogens is 1. The summed E-state index contributed by atoms with van der Waals surface area (Å²) in [6.07, 6.45) is 6.24. The molecule has 0 radical (unpaired) electrons. The first-order valence-corrected chi connectivity index (χ1v) is 12.4. The molecule has 6 aromatic heterocycles. The Balaban J connectivity index is 1.44. The number of nitrogens with one attached hydrogen (secondary N) is 3. The predicted molar refractivity (Wildman–Crippen MR) is 141 cm³/mol. The van der Waals surface area contributed by atoms with Gasteiger partial charge in [0.15, 0.2) is 17.3 Å². The number of amides is 1. The minimum atomic E-state index is -0.588. The van der Waals surface area contributed by atoms with E-state index >= 15 is 4.39 Å². The molecule has 6 aromatic rings. The van der Waals surface area contributed by atoms with Gasteiger partial charge in [-0.15, -0.1) is 0 Å². The quantitative estimate of drug-likeness (QED) is 0.274. The summed E-state index contributed by atoms with van der Waals surface area (Å²) in [6, 6.07) is 5.56. The van der Waals surface area contributed by atoms with Crippen LogP contribution in [0.4, 0.5) is 10.1 Å². The van der Waals surface area contributed by atoms with Crippen LogP contribution < -0.4 is 5.32 Å². The Labute approximate surface area is 214 Å². The molecule has 3 N–H and O–H groups in total. The number of pyridine rings is 3. The zero-order chi connectivity index (χ0) is 25.7. The highest BCUT2D eigenvalue weighted by Crippen LogP contribution is 2.34. The Morgan fingerprint density at radius 3 is 2.73 bits per heavy atom. The SMILES string of the molecule is CC(C)(C)C(=O)Nc1cncc(-c2ncc3[nH]nc(-c4nc5c(-c6ccsc6)ccnc5[nH]4)c3c2F)c1. The standard InChI is InChI=1S/C26H21FN8OS/c1-26(2,3)25(36)31-15-8-14(9-28-10-15)20-19(27)18-17(11-30-20)34-35-22(18)24-32-21-16(13-5-7-37-12-13)4-6-29-23(21)33-24/h4-12H,1-3H3,(H,31,36)(H,34,35)(H,29,32,33). The minimum absolute atomic E-state index is 0.0858. The number of aromatic amines is 2. The third-order valence-corrected chi connectivity index (χ3v) is 6.62. The number of carbonyl (C=O) groups excluding carboxylic acids is 1. The van der Waals surface area contributed by atoms with Gasteiger partial charge in [0.25, 0.3) is 0 Å². The first kappa shape index (κ1) is 22.9. The summed E-state index contributed by atoms with van der Waals surface area (Å²) in [5.74, 6) is -0.363. The minimum Gasteiger partial charge on any atom is -0.324 e. The Morgan fingerprint density at radius 1 is 1.08 bits per heavy atom. The highest BCUT2D eigenvalue weighted by molar-refractivity contribution is 7.08. The molecule has 0 unspecified atom stereocenters. The highest BCUT2D eigenvalue weighted by Gasteiger charge is 2.23. The number of carbonyl (C=O) groups is 1. The fourth-order valence-corrected chi connectivity index (χ4v) is 4.63. The van der Waals surface area contributed by atoms with Crippen LogP contribution >= 0.6 is 11.3 Å². The molecule has 0 bridgehead atoms. The Morgan fingerprint density at radius 2 is 1.95 bits per heavy atom. The number of imidazole rings is 1. The fraction of sp³-hybridized carbons (Fsp3) is 0.154. The fourth-order valence-electron chi connectivity index (χ4n) is 3.98. The number of thiophene rings is 1. The van der Waals surface area contributed by atoms with Gasteiger partial charge < -0.3 is 10.3 Å². The molecule has 0 aliphatic heterocycles.